The molecule has 3 aliphatic heterocycles. The van der Waals surface area contributed by atoms with Crippen LogP contribution in [0.4, 0.5) is 0 Å². The van der Waals surface area contributed by atoms with Gasteiger partial charge in [-0.15, -0.1) is 0 Å². The number of fused-ring (bicyclic) bond motifs is 1. The van der Waals surface area contributed by atoms with Crippen molar-refractivity contribution in [2.24, 2.45) is 28.0 Å². The molecule has 1 aromatic carbocycles. The lowest BCUT2D eigenvalue weighted by atomic mass is 9.85. The quantitative estimate of drug-likeness (QED) is 0.663. The van der Waals surface area contributed by atoms with Crippen LogP contribution in [0.3, 0.4) is 0 Å². The molecule has 0 radical (unpaired) electrons. The van der Waals surface area contributed by atoms with Crippen molar-refractivity contribution in [1.29, 1.82) is 5.26 Å². The first-order valence-electron chi connectivity index (χ1n) is 12.6. The van der Waals surface area contributed by atoms with Crippen molar-refractivity contribution < 1.29 is 14.3 Å². The molecule has 2 saturated heterocycles. The van der Waals surface area contributed by atoms with Crippen LogP contribution in [-0.2, 0) is 15.0 Å². The monoisotopic (exact) mass is 475 g/mol. The number of allylic oxidation sites excluding steroid dienone is 1. The van der Waals surface area contributed by atoms with E-state index in [9.17, 15) is 14.9 Å². The Morgan fingerprint density at radius 2 is 1.86 bits per heavy atom. The molecule has 0 saturated carbocycles. The zero-order chi connectivity index (χ0) is 24.7. The van der Waals surface area contributed by atoms with Crippen molar-refractivity contribution >= 4 is 11.8 Å². The number of likely N-dealkylation sites (tertiary alicyclic amines) is 2. The summed E-state index contributed by atoms with van der Waals surface area (Å²) in [5, 5.41) is 17.6. The first-order chi connectivity index (χ1) is 16.7. The number of hydrogen-bond acceptors (Lipinski definition) is 6. The minimum Gasteiger partial charge on any atom is -0.483 e. The molecule has 5 rings (SSSR count). The third kappa shape index (κ3) is 4.69. The van der Waals surface area contributed by atoms with Crippen molar-refractivity contribution in [3.63, 3.8) is 0 Å². The number of carbonyl (C=O) groups excluding carboxylic acids is 2. The standard InChI is InChI=1S/C27H33N5O3/c1-27(2,3)22-8-17(10-28)4-7-24(22)35-16-25(33)31-12-20-14-32(15-21(20)13-31)26(34)18-5-6-19-11-29-30-23(19)9-18/h4,7-8,18,20-21H,5-6,9,11-16H2,1-3H3/t18-,20-,21-/m1/s1. The number of benzene rings is 1. The first kappa shape index (κ1) is 23.5. The SMILES string of the molecule is CC(C)(C)c1cc(C#N)ccc1OCC(=O)N1C[C@@H]2CN(C(=O)[C@@H]3CCC4=C(C3)N=NC4)C[C@H]2C1. The number of amides is 2. The maximum Gasteiger partial charge on any atom is 0.260 e. The topological polar surface area (TPSA) is 98.4 Å². The van der Waals surface area contributed by atoms with Gasteiger partial charge in [-0.1, -0.05) is 20.8 Å². The average molecular weight is 476 g/mol. The highest BCUT2D eigenvalue weighted by atomic mass is 16.5. The first-order valence-corrected chi connectivity index (χ1v) is 12.6. The molecule has 3 heterocycles. The molecule has 0 unspecified atom stereocenters. The highest BCUT2D eigenvalue weighted by Crippen LogP contribution is 2.38. The highest BCUT2D eigenvalue weighted by molar-refractivity contribution is 5.80. The van der Waals surface area contributed by atoms with Gasteiger partial charge >= 0.3 is 0 Å². The van der Waals surface area contributed by atoms with Crippen LogP contribution < -0.4 is 4.74 Å². The Labute approximate surface area is 206 Å². The minimum absolute atomic E-state index is 0.0141. The van der Waals surface area contributed by atoms with Crippen LogP contribution in [0.2, 0.25) is 0 Å². The molecule has 8 nitrogen and oxygen atoms in total. The van der Waals surface area contributed by atoms with Crippen LogP contribution >= 0.6 is 0 Å². The summed E-state index contributed by atoms with van der Waals surface area (Å²) in [6.45, 7) is 9.67. The van der Waals surface area contributed by atoms with Crippen molar-refractivity contribution in [2.75, 3.05) is 39.3 Å². The normalized spacial score (nSPS) is 25.5. The van der Waals surface area contributed by atoms with E-state index in [1.54, 1.807) is 12.1 Å². The number of ether oxygens (including phenoxy) is 1. The third-order valence-electron chi connectivity index (χ3n) is 7.86. The summed E-state index contributed by atoms with van der Waals surface area (Å²) < 4.78 is 5.95. The van der Waals surface area contributed by atoms with E-state index in [-0.39, 0.29) is 29.8 Å². The Morgan fingerprint density at radius 1 is 1.14 bits per heavy atom. The van der Waals surface area contributed by atoms with Crippen molar-refractivity contribution in [3.05, 3.63) is 40.6 Å². The molecule has 1 aromatic rings. The van der Waals surface area contributed by atoms with Crippen LogP contribution in [0.25, 0.3) is 0 Å². The molecule has 184 valence electrons. The van der Waals surface area contributed by atoms with Crippen LogP contribution in [0.1, 0.15) is 51.2 Å². The van der Waals surface area contributed by atoms with Crippen LogP contribution in [0.15, 0.2) is 39.7 Å². The van der Waals surface area contributed by atoms with E-state index in [1.165, 1.54) is 5.57 Å². The fourth-order valence-electron chi connectivity index (χ4n) is 5.85. The lowest BCUT2D eigenvalue weighted by molar-refractivity contribution is -0.135. The van der Waals surface area contributed by atoms with Crippen molar-refractivity contribution in [2.45, 2.75) is 45.4 Å². The Kier molecular flexibility index (Phi) is 6.12. The molecule has 1 aliphatic carbocycles. The van der Waals surface area contributed by atoms with Crippen LogP contribution in [-0.4, -0.2) is 60.9 Å². The molecule has 0 bridgehead atoms. The zero-order valence-electron chi connectivity index (χ0n) is 20.8. The molecule has 8 heteroatoms. The molecule has 35 heavy (non-hydrogen) atoms. The molecular weight excluding hydrogens is 442 g/mol. The van der Waals surface area contributed by atoms with Gasteiger partial charge in [0.2, 0.25) is 5.91 Å². The summed E-state index contributed by atoms with van der Waals surface area (Å²) in [5.74, 6) is 1.53. The third-order valence-corrected chi connectivity index (χ3v) is 7.86. The fraction of sp³-hybridized carbons (Fsp3) is 0.593. The smallest absolute Gasteiger partial charge is 0.260 e. The summed E-state index contributed by atoms with van der Waals surface area (Å²) in [4.78, 5) is 30.0. The average Bonchev–Trinajstić information content (AvgIpc) is 3.55. The molecule has 0 aromatic heterocycles. The predicted octanol–water partition coefficient (Wildman–Crippen LogP) is 3.67. The summed E-state index contributed by atoms with van der Waals surface area (Å²) in [6, 6.07) is 7.52. The van der Waals surface area contributed by atoms with Crippen LogP contribution in [0.5, 0.6) is 5.75 Å². The molecule has 3 atom stereocenters. The zero-order valence-corrected chi connectivity index (χ0v) is 20.8. The Hall–Kier alpha value is -3.21. The number of nitriles is 1. The van der Waals surface area contributed by atoms with E-state index in [0.717, 1.165) is 43.6 Å². The van der Waals surface area contributed by atoms with E-state index < -0.39 is 0 Å². The van der Waals surface area contributed by atoms with Gasteiger partial charge in [0.05, 0.1) is 23.9 Å². The van der Waals surface area contributed by atoms with Crippen LogP contribution in [0, 0.1) is 29.1 Å². The van der Waals surface area contributed by atoms with Gasteiger partial charge in [-0.3, -0.25) is 9.59 Å². The maximum absolute atomic E-state index is 13.2. The second-order valence-corrected chi connectivity index (χ2v) is 11.3. The molecule has 2 fully saturated rings. The number of carbonyl (C=O) groups is 2. The molecule has 0 N–H and O–H groups in total. The summed E-state index contributed by atoms with van der Waals surface area (Å²) in [7, 11) is 0. The van der Waals surface area contributed by atoms with E-state index in [2.05, 4.69) is 37.1 Å². The van der Waals surface area contributed by atoms with Gasteiger partial charge in [0, 0.05) is 55.9 Å². The van der Waals surface area contributed by atoms with E-state index in [1.807, 2.05) is 15.9 Å². The molecular formula is C27H33N5O3. The minimum atomic E-state index is -0.205. The highest BCUT2D eigenvalue weighted by Gasteiger charge is 2.44. The molecule has 0 spiro atoms. The van der Waals surface area contributed by atoms with E-state index in [4.69, 9.17) is 4.74 Å². The van der Waals surface area contributed by atoms with Gasteiger partial charge in [-0.25, -0.2) is 0 Å². The lowest BCUT2D eigenvalue weighted by Gasteiger charge is -2.28. The lowest BCUT2D eigenvalue weighted by Crippen LogP contribution is -2.40. The number of hydrogen-bond donors (Lipinski definition) is 0. The van der Waals surface area contributed by atoms with Gasteiger partial charge in [-0.05, 0) is 42.0 Å². The van der Waals surface area contributed by atoms with Gasteiger partial charge in [0.1, 0.15) is 5.75 Å². The van der Waals surface area contributed by atoms with Gasteiger partial charge < -0.3 is 14.5 Å². The predicted molar refractivity (Wildman–Crippen MR) is 130 cm³/mol. The summed E-state index contributed by atoms with van der Waals surface area (Å²) >= 11 is 0. The summed E-state index contributed by atoms with van der Waals surface area (Å²) in [6.07, 6.45) is 2.54. The number of rotatable bonds is 4. The maximum atomic E-state index is 13.2. The number of azo groups is 1. The molecule has 4 aliphatic rings. The Balaban J connectivity index is 1.14. The van der Waals surface area contributed by atoms with Gasteiger partial charge in [0.15, 0.2) is 6.61 Å². The van der Waals surface area contributed by atoms with Crippen molar-refractivity contribution in [1.82, 2.24) is 9.80 Å². The van der Waals surface area contributed by atoms with Crippen molar-refractivity contribution in [3.8, 4) is 11.8 Å². The second kappa shape index (κ2) is 9.10. The van der Waals surface area contributed by atoms with E-state index in [0.29, 0.717) is 42.8 Å². The molecule has 2 amide bonds. The van der Waals surface area contributed by atoms with Gasteiger partial charge in [-0.2, -0.15) is 15.5 Å². The second-order valence-electron chi connectivity index (χ2n) is 11.3. The fourth-order valence-corrected chi connectivity index (χ4v) is 5.85. The Bertz CT molecular complexity index is 1130. The Morgan fingerprint density at radius 3 is 2.54 bits per heavy atom. The number of nitrogens with zero attached hydrogens (tertiary/aromatic N) is 5. The van der Waals surface area contributed by atoms with Gasteiger partial charge in [0.25, 0.3) is 5.91 Å². The van der Waals surface area contributed by atoms with E-state index >= 15 is 0 Å². The largest absolute Gasteiger partial charge is 0.483 e. The summed E-state index contributed by atoms with van der Waals surface area (Å²) in [5.41, 5.74) is 3.63.